The Labute approximate surface area is 168 Å². The van der Waals surface area contributed by atoms with Crippen molar-refractivity contribution in [2.24, 2.45) is 12.0 Å². The molecule has 1 aromatic carbocycles. The van der Waals surface area contributed by atoms with Crippen molar-refractivity contribution in [2.45, 2.75) is 26.2 Å². The maximum Gasteiger partial charge on any atom is 0.435 e. The van der Waals surface area contributed by atoms with E-state index in [-0.39, 0.29) is 36.1 Å². The summed E-state index contributed by atoms with van der Waals surface area (Å²) in [6.45, 7) is 2.61. The molecule has 0 aliphatic heterocycles. The van der Waals surface area contributed by atoms with Crippen LogP contribution in [-0.2, 0) is 26.3 Å². The molecule has 0 saturated carbocycles. The van der Waals surface area contributed by atoms with E-state index in [0.29, 0.717) is 12.5 Å². The van der Waals surface area contributed by atoms with Gasteiger partial charge in [0, 0.05) is 46.0 Å². The van der Waals surface area contributed by atoms with Gasteiger partial charge >= 0.3 is 6.18 Å². The number of benzene rings is 1. The first kappa shape index (κ1) is 22.3. The van der Waals surface area contributed by atoms with E-state index in [4.69, 9.17) is 0 Å². The first-order valence-electron chi connectivity index (χ1n) is 7.78. The SMILES string of the molecule is CN=C(NCc1cn(C)nc1C(F)(F)F)N(C)Cc1ccccc1C.I. The van der Waals surface area contributed by atoms with Gasteiger partial charge in [-0.25, -0.2) is 0 Å². The molecule has 1 heterocycles. The summed E-state index contributed by atoms with van der Waals surface area (Å²) in [6, 6.07) is 7.96. The van der Waals surface area contributed by atoms with Crippen LogP contribution in [0.3, 0.4) is 0 Å². The van der Waals surface area contributed by atoms with E-state index >= 15 is 0 Å². The lowest BCUT2D eigenvalue weighted by Gasteiger charge is -2.23. The fourth-order valence-corrected chi connectivity index (χ4v) is 2.58. The van der Waals surface area contributed by atoms with Gasteiger partial charge in [-0.1, -0.05) is 24.3 Å². The molecule has 0 aliphatic carbocycles. The van der Waals surface area contributed by atoms with Crippen molar-refractivity contribution in [1.82, 2.24) is 20.0 Å². The highest BCUT2D eigenvalue weighted by Gasteiger charge is 2.36. The van der Waals surface area contributed by atoms with E-state index in [9.17, 15) is 13.2 Å². The van der Waals surface area contributed by atoms with Gasteiger partial charge in [-0.2, -0.15) is 18.3 Å². The van der Waals surface area contributed by atoms with Crippen LogP contribution in [0.4, 0.5) is 13.2 Å². The highest BCUT2D eigenvalue weighted by molar-refractivity contribution is 14.0. The zero-order chi connectivity index (χ0) is 18.6. The Morgan fingerprint density at radius 2 is 1.92 bits per heavy atom. The third-order valence-corrected chi connectivity index (χ3v) is 3.85. The van der Waals surface area contributed by atoms with Gasteiger partial charge in [-0.15, -0.1) is 24.0 Å². The molecule has 0 bridgehead atoms. The fourth-order valence-electron chi connectivity index (χ4n) is 2.58. The first-order chi connectivity index (χ1) is 11.7. The molecular formula is C17H23F3IN5. The molecule has 0 saturated heterocycles. The highest BCUT2D eigenvalue weighted by atomic mass is 127. The molecule has 5 nitrogen and oxygen atoms in total. The maximum atomic E-state index is 13.0. The number of nitrogens with zero attached hydrogens (tertiary/aromatic N) is 4. The zero-order valence-corrected chi connectivity index (χ0v) is 17.5. The minimum Gasteiger partial charge on any atom is -0.352 e. The second-order valence-electron chi connectivity index (χ2n) is 5.86. The Balaban J connectivity index is 0.00000338. The highest BCUT2D eigenvalue weighted by Crippen LogP contribution is 2.30. The van der Waals surface area contributed by atoms with Gasteiger partial charge in [0.05, 0.1) is 0 Å². The standard InChI is InChI=1S/C17H22F3N5.HI/c1-12-7-5-6-8-13(12)10-24(3)16(21-2)22-9-14-11-25(4)23-15(14)17(18,19)20;/h5-8,11H,9-10H2,1-4H3,(H,21,22);1H. The lowest BCUT2D eigenvalue weighted by molar-refractivity contribution is -0.142. The van der Waals surface area contributed by atoms with E-state index in [1.165, 1.54) is 17.9 Å². The van der Waals surface area contributed by atoms with E-state index < -0.39 is 11.9 Å². The summed E-state index contributed by atoms with van der Waals surface area (Å²) in [5, 5.41) is 6.48. The Bertz CT molecular complexity index is 755. The number of aryl methyl sites for hydroxylation is 2. The van der Waals surface area contributed by atoms with E-state index in [1.807, 2.05) is 43.1 Å². The first-order valence-corrected chi connectivity index (χ1v) is 7.78. The third-order valence-electron chi connectivity index (χ3n) is 3.85. The van der Waals surface area contributed by atoms with Crippen LogP contribution in [0.2, 0.25) is 0 Å². The Morgan fingerprint density at radius 3 is 2.50 bits per heavy atom. The molecule has 9 heteroatoms. The van der Waals surface area contributed by atoms with Gasteiger partial charge in [0.15, 0.2) is 11.7 Å². The smallest absolute Gasteiger partial charge is 0.352 e. The summed E-state index contributed by atoms with van der Waals surface area (Å²) >= 11 is 0. The van der Waals surface area contributed by atoms with Gasteiger partial charge in [0.1, 0.15) is 0 Å². The molecule has 2 aromatic rings. The van der Waals surface area contributed by atoms with Gasteiger partial charge in [-0.05, 0) is 18.1 Å². The van der Waals surface area contributed by atoms with Gasteiger partial charge in [0.25, 0.3) is 0 Å². The lowest BCUT2D eigenvalue weighted by Crippen LogP contribution is -2.38. The molecule has 0 spiro atoms. The van der Waals surface area contributed by atoms with Crippen molar-refractivity contribution >= 4 is 29.9 Å². The minimum absolute atomic E-state index is 0. The summed E-state index contributed by atoms with van der Waals surface area (Å²) in [7, 11) is 4.91. The summed E-state index contributed by atoms with van der Waals surface area (Å²) in [4.78, 5) is 6.02. The molecule has 0 aliphatic rings. The van der Waals surface area contributed by atoms with Crippen LogP contribution in [0.5, 0.6) is 0 Å². The number of guanidine groups is 1. The third kappa shape index (κ3) is 5.61. The topological polar surface area (TPSA) is 45.5 Å². The van der Waals surface area contributed by atoms with Crippen molar-refractivity contribution in [3.8, 4) is 0 Å². The van der Waals surface area contributed by atoms with Crippen molar-refractivity contribution < 1.29 is 13.2 Å². The van der Waals surface area contributed by atoms with Crippen LogP contribution in [0.1, 0.15) is 22.4 Å². The van der Waals surface area contributed by atoms with E-state index in [2.05, 4.69) is 15.4 Å². The fraction of sp³-hybridized carbons (Fsp3) is 0.412. The molecule has 2 rings (SSSR count). The lowest BCUT2D eigenvalue weighted by atomic mass is 10.1. The molecule has 26 heavy (non-hydrogen) atoms. The van der Waals surface area contributed by atoms with Crippen LogP contribution in [-0.4, -0.2) is 34.7 Å². The molecule has 0 radical (unpaired) electrons. The Kier molecular flexibility index (Phi) is 7.91. The normalized spacial score (nSPS) is 11.9. The van der Waals surface area contributed by atoms with Crippen molar-refractivity contribution in [3.63, 3.8) is 0 Å². The summed E-state index contributed by atoms with van der Waals surface area (Å²) < 4.78 is 40.2. The zero-order valence-electron chi connectivity index (χ0n) is 15.1. The van der Waals surface area contributed by atoms with Crippen LogP contribution in [0.15, 0.2) is 35.5 Å². The number of rotatable bonds is 4. The Morgan fingerprint density at radius 1 is 1.27 bits per heavy atom. The monoisotopic (exact) mass is 481 g/mol. The summed E-state index contributed by atoms with van der Waals surface area (Å²) in [5.74, 6) is 0.514. The van der Waals surface area contributed by atoms with Crippen molar-refractivity contribution in [2.75, 3.05) is 14.1 Å². The van der Waals surface area contributed by atoms with Crippen molar-refractivity contribution in [3.05, 3.63) is 52.8 Å². The second-order valence-corrected chi connectivity index (χ2v) is 5.86. The Hall–Kier alpha value is -1.78. The van der Waals surface area contributed by atoms with Gasteiger partial charge < -0.3 is 10.2 Å². The van der Waals surface area contributed by atoms with Crippen molar-refractivity contribution in [1.29, 1.82) is 0 Å². The van der Waals surface area contributed by atoms with Gasteiger partial charge in [-0.3, -0.25) is 9.67 Å². The number of alkyl halides is 3. The van der Waals surface area contributed by atoms with Crippen LogP contribution in [0, 0.1) is 6.92 Å². The molecule has 144 valence electrons. The summed E-state index contributed by atoms with van der Waals surface area (Å²) in [5.41, 5.74) is 1.49. The molecule has 0 amide bonds. The van der Waals surface area contributed by atoms with Crippen LogP contribution in [0.25, 0.3) is 0 Å². The number of aromatic nitrogens is 2. The molecule has 0 fully saturated rings. The largest absolute Gasteiger partial charge is 0.435 e. The van der Waals surface area contributed by atoms with E-state index in [1.54, 1.807) is 7.05 Å². The maximum absolute atomic E-state index is 13.0. The predicted octanol–water partition coefficient (Wildman–Crippen LogP) is 3.57. The molecule has 0 unspecified atom stereocenters. The van der Waals surface area contributed by atoms with E-state index in [0.717, 1.165) is 11.1 Å². The number of nitrogens with one attached hydrogen (secondary N) is 1. The number of halogens is 4. The molecular weight excluding hydrogens is 458 g/mol. The number of hydrogen-bond donors (Lipinski definition) is 1. The number of aliphatic imine (C=N–C) groups is 1. The molecule has 1 N–H and O–H groups in total. The second kappa shape index (κ2) is 9.24. The average molecular weight is 481 g/mol. The minimum atomic E-state index is -4.48. The molecule has 0 atom stereocenters. The quantitative estimate of drug-likeness (QED) is 0.413. The van der Waals surface area contributed by atoms with Gasteiger partial charge in [0.2, 0.25) is 0 Å². The van der Waals surface area contributed by atoms with Crippen LogP contribution >= 0.6 is 24.0 Å². The average Bonchev–Trinajstić information content (AvgIpc) is 2.91. The van der Waals surface area contributed by atoms with Crippen LogP contribution < -0.4 is 5.32 Å². The predicted molar refractivity (Wildman–Crippen MR) is 106 cm³/mol. The molecule has 1 aromatic heterocycles. The number of hydrogen-bond acceptors (Lipinski definition) is 2. The summed E-state index contributed by atoms with van der Waals surface area (Å²) in [6.07, 6.45) is -3.11.